The summed E-state index contributed by atoms with van der Waals surface area (Å²) in [6, 6.07) is 13.3. The molecule has 0 saturated carbocycles. The van der Waals surface area contributed by atoms with Crippen molar-refractivity contribution >= 4 is 23.2 Å². The van der Waals surface area contributed by atoms with E-state index in [1.54, 1.807) is 47.4 Å². The molecule has 0 radical (unpaired) electrons. The van der Waals surface area contributed by atoms with E-state index in [-0.39, 0.29) is 29.7 Å². The molecular weight excluding hydrogens is 345 g/mol. The van der Waals surface area contributed by atoms with Gasteiger partial charge in [0.2, 0.25) is 5.91 Å². The summed E-state index contributed by atoms with van der Waals surface area (Å²) in [4.78, 5) is 18.3. The molecule has 1 aliphatic rings. The smallest absolute Gasteiger partial charge is 0.260 e. The van der Waals surface area contributed by atoms with Gasteiger partial charge in [-0.1, -0.05) is 28.9 Å². The third-order valence-corrected chi connectivity index (χ3v) is 4.43. The first-order valence-corrected chi connectivity index (χ1v) is 8.14. The molecule has 3 aromatic rings. The molecule has 2 heterocycles. The standard InChI is InChI=1S/C18H13ClFN3O2/c19-12-5-7-13(8-6-12)23-10-11(9-16(23)24)17-21-18(25-22-17)14-3-1-2-4-15(14)20/h1-8,11H,9-10H2/t11-/m1/s1. The molecule has 0 unspecified atom stereocenters. The predicted octanol–water partition coefficient (Wildman–Crippen LogP) is 4.05. The van der Waals surface area contributed by atoms with Gasteiger partial charge in [-0.3, -0.25) is 4.79 Å². The number of carbonyl (C=O) groups is 1. The lowest BCUT2D eigenvalue weighted by Crippen LogP contribution is -2.24. The van der Waals surface area contributed by atoms with Crippen LogP contribution in [0.1, 0.15) is 18.2 Å². The zero-order chi connectivity index (χ0) is 17.4. The molecule has 1 fully saturated rings. The van der Waals surface area contributed by atoms with E-state index in [1.165, 1.54) is 6.07 Å². The zero-order valence-electron chi connectivity index (χ0n) is 13.0. The van der Waals surface area contributed by atoms with Crippen LogP contribution in [0.4, 0.5) is 10.1 Å². The lowest BCUT2D eigenvalue weighted by molar-refractivity contribution is -0.117. The molecule has 1 amide bonds. The highest BCUT2D eigenvalue weighted by atomic mass is 35.5. The number of halogens is 2. The number of benzene rings is 2. The quantitative estimate of drug-likeness (QED) is 0.709. The van der Waals surface area contributed by atoms with Gasteiger partial charge >= 0.3 is 0 Å². The number of rotatable bonds is 3. The van der Waals surface area contributed by atoms with Crippen LogP contribution >= 0.6 is 11.6 Å². The maximum absolute atomic E-state index is 13.8. The Morgan fingerprint density at radius 3 is 2.68 bits per heavy atom. The molecule has 0 N–H and O–H groups in total. The van der Waals surface area contributed by atoms with Crippen LogP contribution in [0.25, 0.3) is 11.5 Å². The molecule has 25 heavy (non-hydrogen) atoms. The molecule has 2 aromatic carbocycles. The molecule has 0 aliphatic carbocycles. The van der Waals surface area contributed by atoms with Crippen LogP contribution in [0.2, 0.25) is 5.02 Å². The van der Waals surface area contributed by atoms with Gasteiger partial charge in [-0.2, -0.15) is 4.98 Å². The first-order valence-electron chi connectivity index (χ1n) is 7.76. The number of hydrogen-bond acceptors (Lipinski definition) is 4. The number of anilines is 1. The van der Waals surface area contributed by atoms with Gasteiger partial charge < -0.3 is 9.42 Å². The topological polar surface area (TPSA) is 59.2 Å². The number of carbonyl (C=O) groups excluding carboxylic acids is 1. The fraction of sp³-hybridized carbons (Fsp3) is 0.167. The van der Waals surface area contributed by atoms with Crippen LogP contribution in [0.15, 0.2) is 53.1 Å². The lowest BCUT2D eigenvalue weighted by atomic mass is 10.1. The van der Waals surface area contributed by atoms with E-state index in [9.17, 15) is 9.18 Å². The highest BCUT2D eigenvalue weighted by Crippen LogP contribution is 2.32. The average Bonchev–Trinajstić information content (AvgIpc) is 3.23. The number of nitrogens with zero attached hydrogens (tertiary/aromatic N) is 3. The number of aromatic nitrogens is 2. The van der Waals surface area contributed by atoms with Crippen molar-refractivity contribution in [1.29, 1.82) is 0 Å². The van der Waals surface area contributed by atoms with Gasteiger partial charge in [0, 0.05) is 29.6 Å². The van der Waals surface area contributed by atoms with Gasteiger partial charge in [-0.25, -0.2) is 4.39 Å². The molecular formula is C18H13ClFN3O2. The van der Waals surface area contributed by atoms with Crippen LogP contribution in [0, 0.1) is 5.82 Å². The SMILES string of the molecule is O=C1C[C@@H](c2noc(-c3ccccc3F)n2)CN1c1ccc(Cl)cc1. The molecule has 1 saturated heterocycles. The summed E-state index contributed by atoms with van der Waals surface area (Å²) in [6.45, 7) is 0.441. The molecule has 7 heteroatoms. The maximum atomic E-state index is 13.8. The van der Waals surface area contributed by atoms with Crippen molar-refractivity contribution in [2.75, 3.05) is 11.4 Å². The Bertz CT molecular complexity index is 926. The van der Waals surface area contributed by atoms with Crippen molar-refractivity contribution in [3.63, 3.8) is 0 Å². The molecule has 5 nitrogen and oxygen atoms in total. The highest BCUT2D eigenvalue weighted by molar-refractivity contribution is 6.30. The minimum absolute atomic E-state index is 0.0236. The van der Waals surface area contributed by atoms with E-state index in [1.807, 2.05) is 0 Å². The van der Waals surface area contributed by atoms with E-state index in [2.05, 4.69) is 10.1 Å². The van der Waals surface area contributed by atoms with Gasteiger partial charge in [-0.15, -0.1) is 0 Å². The number of hydrogen-bond donors (Lipinski definition) is 0. The van der Waals surface area contributed by atoms with Gasteiger partial charge in [-0.05, 0) is 36.4 Å². The third-order valence-electron chi connectivity index (χ3n) is 4.17. The summed E-state index contributed by atoms with van der Waals surface area (Å²) in [5.74, 6) is -0.131. The molecule has 1 aliphatic heterocycles. The summed E-state index contributed by atoms with van der Waals surface area (Å²) >= 11 is 5.89. The second kappa shape index (κ2) is 6.29. The Morgan fingerprint density at radius 1 is 1.16 bits per heavy atom. The summed E-state index contributed by atoms with van der Waals surface area (Å²) in [6.07, 6.45) is 0.277. The monoisotopic (exact) mass is 357 g/mol. The highest BCUT2D eigenvalue weighted by Gasteiger charge is 2.34. The third kappa shape index (κ3) is 3.00. The zero-order valence-corrected chi connectivity index (χ0v) is 13.8. The van der Waals surface area contributed by atoms with Gasteiger partial charge in [0.05, 0.1) is 5.56 Å². The van der Waals surface area contributed by atoms with Crippen LogP contribution in [0.3, 0.4) is 0 Å². The average molecular weight is 358 g/mol. The van der Waals surface area contributed by atoms with Crippen molar-refractivity contribution in [3.05, 3.63) is 65.2 Å². The fourth-order valence-corrected chi connectivity index (χ4v) is 3.02. The van der Waals surface area contributed by atoms with Crippen LogP contribution < -0.4 is 4.90 Å². The van der Waals surface area contributed by atoms with Crippen molar-refractivity contribution in [2.24, 2.45) is 0 Å². The van der Waals surface area contributed by atoms with E-state index in [0.717, 1.165) is 5.69 Å². The van der Waals surface area contributed by atoms with Crippen LogP contribution in [0.5, 0.6) is 0 Å². The molecule has 1 atom stereocenters. The van der Waals surface area contributed by atoms with E-state index in [0.29, 0.717) is 17.4 Å². The van der Waals surface area contributed by atoms with Crippen molar-refractivity contribution in [2.45, 2.75) is 12.3 Å². The van der Waals surface area contributed by atoms with E-state index in [4.69, 9.17) is 16.1 Å². The Kier molecular flexibility index (Phi) is 3.97. The van der Waals surface area contributed by atoms with Crippen LogP contribution in [-0.4, -0.2) is 22.6 Å². The largest absolute Gasteiger partial charge is 0.334 e. The normalized spacial score (nSPS) is 17.3. The minimum Gasteiger partial charge on any atom is -0.334 e. The summed E-state index contributed by atoms with van der Waals surface area (Å²) in [7, 11) is 0. The van der Waals surface area contributed by atoms with Gasteiger partial charge in [0.25, 0.3) is 5.89 Å². The first-order chi connectivity index (χ1) is 12.1. The molecule has 1 aromatic heterocycles. The van der Waals surface area contributed by atoms with Crippen molar-refractivity contribution in [1.82, 2.24) is 10.1 Å². The summed E-state index contributed by atoms with van der Waals surface area (Å²) < 4.78 is 19.0. The lowest BCUT2D eigenvalue weighted by Gasteiger charge is -2.16. The minimum atomic E-state index is -0.428. The van der Waals surface area contributed by atoms with E-state index < -0.39 is 5.82 Å². The molecule has 0 bridgehead atoms. The second-order valence-electron chi connectivity index (χ2n) is 5.82. The van der Waals surface area contributed by atoms with Crippen molar-refractivity contribution in [3.8, 4) is 11.5 Å². The van der Waals surface area contributed by atoms with Gasteiger partial charge in [0.15, 0.2) is 5.82 Å². The molecule has 0 spiro atoms. The maximum Gasteiger partial charge on any atom is 0.260 e. The fourth-order valence-electron chi connectivity index (χ4n) is 2.90. The second-order valence-corrected chi connectivity index (χ2v) is 6.26. The Balaban J connectivity index is 1.57. The molecule has 126 valence electrons. The first kappa shape index (κ1) is 15.8. The predicted molar refractivity (Wildman–Crippen MR) is 90.9 cm³/mol. The van der Waals surface area contributed by atoms with Gasteiger partial charge in [0.1, 0.15) is 5.82 Å². The van der Waals surface area contributed by atoms with E-state index >= 15 is 0 Å². The Hall–Kier alpha value is -2.73. The van der Waals surface area contributed by atoms with Crippen molar-refractivity contribution < 1.29 is 13.7 Å². The Morgan fingerprint density at radius 2 is 1.92 bits per heavy atom. The summed E-state index contributed by atoms with van der Waals surface area (Å²) in [5.41, 5.74) is 1.02. The molecule has 4 rings (SSSR count). The number of amides is 1. The van der Waals surface area contributed by atoms with Crippen LogP contribution in [-0.2, 0) is 4.79 Å². The summed E-state index contributed by atoms with van der Waals surface area (Å²) in [5, 5.41) is 4.55. The Labute approximate surface area is 148 Å².